The molecule has 1 aliphatic heterocycles. The molecule has 156 valence electrons. The summed E-state index contributed by atoms with van der Waals surface area (Å²) in [5.74, 6) is -0.142. The Balaban J connectivity index is 1.80. The molecule has 0 unspecified atom stereocenters. The van der Waals surface area contributed by atoms with E-state index in [4.69, 9.17) is 18.9 Å². The Bertz CT molecular complexity index is 754. The molecule has 3 rings (SSSR count). The predicted octanol–water partition coefficient (Wildman–Crippen LogP) is 3.05. The highest BCUT2D eigenvalue weighted by molar-refractivity contribution is 5.73. The second kappa shape index (κ2) is 10.5. The number of methoxy groups -OCH3 is 1. The second-order valence-electron chi connectivity index (χ2n) is 7.19. The van der Waals surface area contributed by atoms with Crippen LogP contribution in [0.1, 0.15) is 25.0 Å². The lowest BCUT2D eigenvalue weighted by Gasteiger charge is -2.45. The number of nitrogens with one attached hydrogen (secondary N) is 1. The van der Waals surface area contributed by atoms with Crippen molar-refractivity contribution in [1.29, 1.82) is 0 Å². The average molecular weight is 399 g/mol. The fraction of sp³-hybridized carbons (Fsp3) is 0.435. The molecule has 1 amide bonds. The number of hydrogen-bond donors (Lipinski definition) is 1. The van der Waals surface area contributed by atoms with E-state index in [1.54, 1.807) is 7.11 Å². The molecular formula is C23H29NO5. The summed E-state index contributed by atoms with van der Waals surface area (Å²) < 4.78 is 24.0. The van der Waals surface area contributed by atoms with E-state index >= 15 is 0 Å². The zero-order valence-electron chi connectivity index (χ0n) is 17.1. The fourth-order valence-corrected chi connectivity index (χ4v) is 3.53. The molecule has 0 bridgehead atoms. The molecule has 0 saturated carbocycles. The van der Waals surface area contributed by atoms with Gasteiger partial charge in [0.25, 0.3) is 0 Å². The van der Waals surface area contributed by atoms with E-state index in [0.29, 0.717) is 13.2 Å². The summed E-state index contributed by atoms with van der Waals surface area (Å²) >= 11 is 0. The fourth-order valence-electron chi connectivity index (χ4n) is 3.53. The Hall–Kier alpha value is -2.25. The SMILES string of the molecule is CO[C@@H]1O[C@H](C)[C@@H](NC(C)=O)[C@H](OCc2ccccc2)[C@@H]1OCc1ccccc1. The summed E-state index contributed by atoms with van der Waals surface area (Å²) in [6.07, 6.45) is -1.82. The van der Waals surface area contributed by atoms with Crippen LogP contribution in [0.5, 0.6) is 0 Å². The second-order valence-corrected chi connectivity index (χ2v) is 7.19. The van der Waals surface area contributed by atoms with Crippen molar-refractivity contribution >= 4 is 5.91 Å². The lowest BCUT2D eigenvalue weighted by Crippen LogP contribution is -2.64. The molecule has 2 aromatic carbocycles. The summed E-state index contributed by atoms with van der Waals surface area (Å²) in [5, 5.41) is 2.97. The summed E-state index contributed by atoms with van der Waals surface area (Å²) in [4.78, 5) is 11.8. The van der Waals surface area contributed by atoms with Crippen molar-refractivity contribution in [3.05, 3.63) is 71.8 Å². The molecule has 1 N–H and O–H groups in total. The molecule has 0 radical (unpaired) electrons. The van der Waals surface area contributed by atoms with Crippen LogP contribution in [0.15, 0.2) is 60.7 Å². The normalized spacial score (nSPS) is 26.8. The summed E-state index contributed by atoms with van der Waals surface area (Å²) in [6.45, 7) is 4.18. The van der Waals surface area contributed by atoms with E-state index in [0.717, 1.165) is 11.1 Å². The van der Waals surface area contributed by atoms with Gasteiger partial charge < -0.3 is 24.3 Å². The third-order valence-corrected chi connectivity index (χ3v) is 4.97. The minimum absolute atomic E-state index is 0.142. The topological polar surface area (TPSA) is 66.0 Å². The lowest BCUT2D eigenvalue weighted by molar-refractivity contribution is -0.285. The number of benzene rings is 2. The van der Waals surface area contributed by atoms with Gasteiger partial charge in [-0.3, -0.25) is 4.79 Å². The van der Waals surface area contributed by atoms with Gasteiger partial charge in [0.05, 0.1) is 25.4 Å². The number of carbonyl (C=O) groups excluding carboxylic acids is 1. The maximum absolute atomic E-state index is 11.8. The summed E-state index contributed by atoms with van der Waals surface area (Å²) in [7, 11) is 1.59. The molecule has 6 heteroatoms. The van der Waals surface area contributed by atoms with E-state index in [2.05, 4.69) is 5.32 Å². The van der Waals surface area contributed by atoms with Crippen molar-refractivity contribution in [1.82, 2.24) is 5.32 Å². The van der Waals surface area contributed by atoms with Crippen LogP contribution in [-0.4, -0.2) is 43.7 Å². The Morgan fingerprint density at radius 3 is 1.93 bits per heavy atom. The van der Waals surface area contributed by atoms with Crippen LogP contribution in [0.4, 0.5) is 0 Å². The maximum atomic E-state index is 11.8. The maximum Gasteiger partial charge on any atom is 0.217 e. The minimum atomic E-state index is -0.598. The highest BCUT2D eigenvalue weighted by Crippen LogP contribution is 2.28. The number of carbonyl (C=O) groups is 1. The molecule has 1 fully saturated rings. The van der Waals surface area contributed by atoms with Gasteiger partial charge in [-0.25, -0.2) is 0 Å². The molecule has 1 aliphatic rings. The molecule has 5 atom stereocenters. The van der Waals surface area contributed by atoms with Crippen molar-refractivity contribution < 1.29 is 23.7 Å². The zero-order valence-corrected chi connectivity index (χ0v) is 17.1. The first-order valence-electron chi connectivity index (χ1n) is 9.85. The summed E-state index contributed by atoms with van der Waals surface area (Å²) in [6, 6.07) is 19.5. The van der Waals surface area contributed by atoms with Crippen LogP contribution in [0, 0.1) is 0 Å². The van der Waals surface area contributed by atoms with Crippen LogP contribution in [0.3, 0.4) is 0 Å². The molecule has 0 aliphatic carbocycles. The van der Waals surface area contributed by atoms with Crippen molar-refractivity contribution in [3.63, 3.8) is 0 Å². The molecule has 1 saturated heterocycles. The van der Waals surface area contributed by atoms with Gasteiger partial charge in [-0.1, -0.05) is 60.7 Å². The standard InChI is InChI=1S/C23H29NO5/c1-16-20(24-17(2)25)21(27-14-18-10-6-4-7-11-18)22(23(26-3)29-16)28-15-19-12-8-5-9-13-19/h4-13,16,20-23H,14-15H2,1-3H3,(H,24,25)/t16-,20-,21+,22+,23-/m1/s1. The van der Waals surface area contributed by atoms with Crippen LogP contribution >= 0.6 is 0 Å². The van der Waals surface area contributed by atoms with Gasteiger partial charge in [0.2, 0.25) is 5.91 Å². The Kier molecular flexibility index (Phi) is 7.77. The highest BCUT2D eigenvalue weighted by Gasteiger charge is 2.46. The zero-order chi connectivity index (χ0) is 20.6. The monoisotopic (exact) mass is 399 g/mol. The number of ether oxygens (including phenoxy) is 4. The third kappa shape index (κ3) is 5.87. The van der Waals surface area contributed by atoms with Gasteiger partial charge in [0.15, 0.2) is 6.29 Å². The van der Waals surface area contributed by atoms with Crippen molar-refractivity contribution in [2.75, 3.05) is 7.11 Å². The lowest BCUT2D eigenvalue weighted by atomic mass is 9.96. The van der Waals surface area contributed by atoms with Gasteiger partial charge in [-0.15, -0.1) is 0 Å². The smallest absolute Gasteiger partial charge is 0.217 e. The van der Waals surface area contributed by atoms with Gasteiger partial charge in [0.1, 0.15) is 12.2 Å². The van der Waals surface area contributed by atoms with Crippen molar-refractivity contribution in [3.8, 4) is 0 Å². The van der Waals surface area contributed by atoms with Gasteiger partial charge >= 0.3 is 0 Å². The first-order chi connectivity index (χ1) is 14.1. The largest absolute Gasteiger partial charge is 0.368 e. The Morgan fingerprint density at radius 2 is 1.45 bits per heavy atom. The van der Waals surface area contributed by atoms with Crippen molar-refractivity contribution in [2.24, 2.45) is 0 Å². The molecule has 6 nitrogen and oxygen atoms in total. The van der Waals surface area contributed by atoms with Crippen LogP contribution in [0.2, 0.25) is 0 Å². The van der Waals surface area contributed by atoms with E-state index in [1.165, 1.54) is 6.92 Å². The van der Waals surface area contributed by atoms with E-state index in [1.807, 2.05) is 67.6 Å². The van der Waals surface area contributed by atoms with Crippen LogP contribution < -0.4 is 5.32 Å². The van der Waals surface area contributed by atoms with E-state index in [-0.39, 0.29) is 18.1 Å². The molecule has 2 aromatic rings. The highest BCUT2D eigenvalue weighted by atomic mass is 16.7. The van der Waals surface area contributed by atoms with Gasteiger partial charge in [-0.2, -0.15) is 0 Å². The molecule has 29 heavy (non-hydrogen) atoms. The Morgan fingerprint density at radius 1 is 0.931 bits per heavy atom. The van der Waals surface area contributed by atoms with E-state index < -0.39 is 18.5 Å². The average Bonchev–Trinajstić information content (AvgIpc) is 2.74. The first-order valence-corrected chi connectivity index (χ1v) is 9.85. The number of amides is 1. The molecule has 0 spiro atoms. The first kappa shape index (κ1) is 21.5. The molecule has 1 heterocycles. The number of hydrogen-bond acceptors (Lipinski definition) is 5. The van der Waals surface area contributed by atoms with Gasteiger partial charge in [0, 0.05) is 14.0 Å². The van der Waals surface area contributed by atoms with Crippen LogP contribution in [-0.2, 0) is 37.0 Å². The van der Waals surface area contributed by atoms with E-state index in [9.17, 15) is 4.79 Å². The molecule has 0 aromatic heterocycles. The van der Waals surface area contributed by atoms with Crippen molar-refractivity contribution in [2.45, 2.75) is 57.7 Å². The van der Waals surface area contributed by atoms with Gasteiger partial charge in [-0.05, 0) is 18.1 Å². The summed E-state index contributed by atoms with van der Waals surface area (Å²) in [5.41, 5.74) is 2.09. The third-order valence-electron chi connectivity index (χ3n) is 4.97. The predicted molar refractivity (Wildman–Crippen MR) is 109 cm³/mol. The quantitative estimate of drug-likeness (QED) is 0.739. The molecular weight excluding hydrogens is 370 g/mol. The number of rotatable bonds is 8. The van der Waals surface area contributed by atoms with Crippen LogP contribution in [0.25, 0.3) is 0 Å². The Labute approximate surface area is 172 Å². The minimum Gasteiger partial charge on any atom is -0.368 e.